The molecule has 1 heterocycles. The Morgan fingerprint density at radius 3 is 2.29 bits per heavy atom. The first-order valence-corrected chi connectivity index (χ1v) is 11.2. The van der Waals surface area contributed by atoms with Gasteiger partial charge in [0.15, 0.2) is 0 Å². The Labute approximate surface area is 199 Å². The van der Waals surface area contributed by atoms with Crippen molar-refractivity contribution in [3.05, 3.63) is 101 Å². The summed E-state index contributed by atoms with van der Waals surface area (Å²) in [6, 6.07) is 23.3. The second-order valence-electron chi connectivity index (χ2n) is 8.44. The van der Waals surface area contributed by atoms with E-state index in [4.69, 9.17) is 5.10 Å². The van der Waals surface area contributed by atoms with Crippen molar-refractivity contribution in [2.45, 2.75) is 20.8 Å². The fourth-order valence-electron chi connectivity index (χ4n) is 3.85. The molecule has 6 nitrogen and oxygen atoms in total. The lowest BCUT2D eigenvalue weighted by Gasteiger charge is -2.18. The van der Waals surface area contributed by atoms with Crippen LogP contribution in [0.3, 0.4) is 0 Å². The van der Waals surface area contributed by atoms with Crippen molar-refractivity contribution >= 4 is 17.5 Å². The number of anilines is 1. The molecule has 0 aliphatic rings. The fraction of sp³-hybridized carbons (Fsp3) is 0.179. The van der Waals surface area contributed by atoms with Crippen molar-refractivity contribution in [3.8, 4) is 16.9 Å². The van der Waals surface area contributed by atoms with E-state index in [1.807, 2.05) is 93.6 Å². The van der Waals surface area contributed by atoms with Crippen molar-refractivity contribution < 1.29 is 9.59 Å². The van der Waals surface area contributed by atoms with Crippen molar-refractivity contribution in [1.29, 1.82) is 0 Å². The number of para-hydroxylation sites is 1. The van der Waals surface area contributed by atoms with Crippen molar-refractivity contribution in [3.63, 3.8) is 0 Å². The molecule has 0 atom stereocenters. The SMILES string of the molecule is Cc1ccccc1-c1nn(-c2ccccc2)cc1C(=O)N(C)CC(=O)Nc1cccc(C)c1C. The van der Waals surface area contributed by atoms with Gasteiger partial charge in [0.05, 0.1) is 17.8 Å². The second kappa shape index (κ2) is 9.75. The van der Waals surface area contributed by atoms with E-state index in [-0.39, 0.29) is 18.4 Å². The summed E-state index contributed by atoms with van der Waals surface area (Å²) in [7, 11) is 1.63. The van der Waals surface area contributed by atoms with Crippen LogP contribution in [0.15, 0.2) is 79.0 Å². The van der Waals surface area contributed by atoms with Gasteiger partial charge in [-0.15, -0.1) is 0 Å². The topological polar surface area (TPSA) is 67.2 Å². The Hall–Kier alpha value is -4.19. The summed E-state index contributed by atoms with van der Waals surface area (Å²) >= 11 is 0. The molecule has 0 saturated heterocycles. The fourth-order valence-corrected chi connectivity index (χ4v) is 3.85. The molecule has 0 aliphatic heterocycles. The van der Waals surface area contributed by atoms with Crippen molar-refractivity contribution in [1.82, 2.24) is 14.7 Å². The van der Waals surface area contributed by atoms with Gasteiger partial charge in [-0.1, -0.05) is 54.6 Å². The summed E-state index contributed by atoms with van der Waals surface area (Å²) in [4.78, 5) is 27.7. The van der Waals surface area contributed by atoms with Crippen LogP contribution >= 0.6 is 0 Å². The molecule has 4 aromatic rings. The monoisotopic (exact) mass is 452 g/mol. The zero-order chi connectivity index (χ0) is 24.2. The molecule has 0 aliphatic carbocycles. The summed E-state index contributed by atoms with van der Waals surface area (Å²) in [5, 5.41) is 7.67. The van der Waals surface area contributed by atoms with Crippen LogP contribution in [-0.4, -0.2) is 40.1 Å². The number of hydrogen-bond donors (Lipinski definition) is 1. The van der Waals surface area contributed by atoms with E-state index in [1.165, 1.54) is 4.90 Å². The highest BCUT2D eigenvalue weighted by molar-refractivity contribution is 6.03. The van der Waals surface area contributed by atoms with Gasteiger partial charge in [0.1, 0.15) is 5.69 Å². The van der Waals surface area contributed by atoms with Crippen LogP contribution < -0.4 is 5.32 Å². The van der Waals surface area contributed by atoms with Crippen molar-refractivity contribution in [2.75, 3.05) is 18.9 Å². The highest BCUT2D eigenvalue weighted by atomic mass is 16.2. The molecule has 0 radical (unpaired) electrons. The number of nitrogens with zero attached hydrogens (tertiary/aromatic N) is 3. The molecule has 0 saturated carbocycles. The Kier molecular flexibility index (Phi) is 6.59. The molecule has 6 heteroatoms. The summed E-state index contributed by atoms with van der Waals surface area (Å²) in [5.74, 6) is -0.519. The Morgan fingerprint density at radius 1 is 0.882 bits per heavy atom. The molecule has 172 valence electrons. The average Bonchev–Trinajstić information content (AvgIpc) is 3.27. The van der Waals surface area contributed by atoms with E-state index in [2.05, 4.69) is 5.32 Å². The molecular weight excluding hydrogens is 424 g/mol. The van der Waals surface area contributed by atoms with E-state index in [1.54, 1.807) is 17.9 Å². The van der Waals surface area contributed by atoms with Gasteiger partial charge in [0.2, 0.25) is 5.91 Å². The molecule has 1 N–H and O–H groups in total. The second-order valence-corrected chi connectivity index (χ2v) is 8.44. The van der Waals surface area contributed by atoms with Gasteiger partial charge in [-0.2, -0.15) is 5.10 Å². The van der Waals surface area contributed by atoms with Gasteiger partial charge >= 0.3 is 0 Å². The Balaban J connectivity index is 1.62. The molecule has 1 aromatic heterocycles. The minimum Gasteiger partial charge on any atom is -0.332 e. The molecule has 4 rings (SSSR count). The normalized spacial score (nSPS) is 10.7. The van der Waals surface area contributed by atoms with Crippen LogP contribution in [0.1, 0.15) is 27.0 Å². The first-order valence-electron chi connectivity index (χ1n) is 11.2. The van der Waals surface area contributed by atoms with Gasteiger partial charge in [0.25, 0.3) is 5.91 Å². The number of carbonyl (C=O) groups excluding carboxylic acids is 2. The predicted octanol–water partition coefficient (Wildman–Crippen LogP) is 5.18. The number of nitrogens with one attached hydrogen (secondary N) is 1. The van der Waals surface area contributed by atoms with Gasteiger partial charge in [-0.3, -0.25) is 9.59 Å². The first-order chi connectivity index (χ1) is 16.3. The van der Waals surface area contributed by atoms with Crippen LogP contribution in [0.25, 0.3) is 16.9 Å². The quantitative estimate of drug-likeness (QED) is 0.439. The summed E-state index contributed by atoms with van der Waals surface area (Å²) < 4.78 is 1.71. The number of aromatic nitrogens is 2. The number of likely N-dealkylation sites (N-methyl/N-ethyl adjacent to an activating group) is 1. The summed E-state index contributed by atoms with van der Waals surface area (Å²) in [5.41, 5.74) is 6.65. The number of benzene rings is 3. The Bertz CT molecular complexity index is 1340. The minimum atomic E-state index is -0.267. The highest BCUT2D eigenvalue weighted by Gasteiger charge is 2.24. The lowest BCUT2D eigenvalue weighted by atomic mass is 10.0. The minimum absolute atomic E-state index is 0.0735. The number of rotatable bonds is 6. The maximum absolute atomic E-state index is 13.5. The maximum atomic E-state index is 13.5. The molecule has 3 aromatic carbocycles. The van der Waals surface area contributed by atoms with E-state index >= 15 is 0 Å². The van der Waals surface area contributed by atoms with E-state index in [0.29, 0.717) is 11.3 Å². The van der Waals surface area contributed by atoms with Gasteiger partial charge in [-0.05, 0) is 55.7 Å². The average molecular weight is 453 g/mol. The third kappa shape index (κ3) is 4.76. The zero-order valence-corrected chi connectivity index (χ0v) is 19.9. The zero-order valence-electron chi connectivity index (χ0n) is 19.9. The molecule has 34 heavy (non-hydrogen) atoms. The number of amides is 2. The molecule has 0 unspecified atom stereocenters. The lowest BCUT2D eigenvalue weighted by Crippen LogP contribution is -2.35. The molecule has 2 amide bonds. The lowest BCUT2D eigenvalue weighted by molar-refractivity contribution is -0.116. The number of hydrogen-bond acceptors (Lipinski definition) is 3. The smallest absolute Gasteiger partial charge is 0.257 e. The third-order valence-corrected chi connectivity index (χ3v) is 5.97. The summed E-state index contributed by atoms with van der Waals surface area (Å²) in [6.45, 7) is 5.88. The number of carbonyl (C=O) groups is 2. The first kappa shape index (κ1) is 23.0. The van der Waals surface area contributed by atoms with Crippen LogP contribution in [0.2, 0.25) is 0 Å². The number of aryl methyl sites for hydroxylation is 2. The molecule has 0 fully saturated rings. The van der Waals surface area contributed by atoms with E-state index in [0.717, 1.165) is 33.6 Å². The van der Waals surface area contributed by atoms with Crippen molar-refractivity contribution in [2.24, 2.45) is 0 Å². The molecular formula is C28H28N4O2. The maximum Gasteiger partial charge on any atom is 0.257 e. The molecule has 0 bridgehead atoms. The van der Waals surface area contributed by atoms with Gasteiger partial charge in [0, 0.05) is 24.5 Å². The Morgan fingerprint density at radius 2 is 1.56 bits per heavy atom. The predicted molar refractivity (Wildman–Crippen MR) is 135 cm³/mol. The van der Waals surface area contributed by atoms with Crippen LogP contribution in [0.4, 0.5) is 5.69 Å². The third-order valence-electron chi connectivity index (χ3n) is 5.97. The standard InChI is InChI=1S/C28H28N4O2/c1-19-12-10-16-25(21(19)3)29-26(33)18-31(4)28(34)24-17-32(22-13-6-5-7-14-22)30-27(24)23-15-9-8-11-20(23)2/h5-17H,18H2,1-4H3,(H,29,33). The largest absolute Gasteiger partial charge is 0.332 e. The highest BCUT2D eigenvalue weighted by Crippen LogP contribution is 2.27. The van der Waals surface area contributed by atoms with E-state index < -0.39 is 0 Å². The molecule has 0 spiro atoms. The summed E-state index contributed by atoms with van der Waals surface area (Å²) in [6.07, 6.45) is 1.73. The van der Waals surface area contributed by atoms with Crippen LogP contribution in [0, 0.1) is 20.8 Å². The van der Waals surface area contributed by atoms with Crippen LogP contribution in [-0.2, 0) is 4.79 Å². The van der Waals surface area contributed by atoms with Crippen LogP contribution in [0.5, 0.6) is 0 Å². The van der Waals surface area contributed by atoms with Gasteiger partial charge in [-0.25, -0.2) is 4.68 Å². The van der Waals surface area contributed by atoms with E-state index in [9.17, 15) is 9.59 Å². The van der Waals surface area contributed by atoms with Gasteiger partial charge < -0.3 is 10.2 Å².